The van der Waals surface area contributed by atoms with E-state index in [4.69, 9.17) is 0 Å². The van der Waals surface area contributed by atoms with Crippen LogP contribution in [0.15, 0.2) is 30.3 Å². The zero-order valence-corrected chi connectivity index (χ0v) is 10.2. The third-order valence-electron chi connectivity index (χ3n) is 2.91. The van der Waals surface area contributed by atoms with Crippen LogP contribution in [0.1, 0.15) is 32.8 Å². The van der Waals surface area contributed by atoms with E-state index in [9.17, 15) is 9.90 Å². The van der Waals surface area contributed by atoms with E-state index in [1.807, 2.05) is 51.1 Å². The van der Waals surface area contributed by atoms with E-state index in [0.717, 1.165) is 6.42 Å². The van der Waals surface area contributed by atoms with E-state index < -0.39 is 5.97 Å². The highest BCUT2D eigenvalue weighted by molar-refractivity contribution is 5.70. The van der Waals surface area contributed by atoms with Gasteiger partial charge in [0, 0.05) is 0 Å². The summed E-state index contributed by atoms with van der Waals surface area (Å²) in [6.07, 6.45) is 1.53. The molecule has 2 nitrogen and oxygen atoms in total. The first-order chi connectivity index (χ1) is 7.41. The third kappa shape index (κ3) is 3.69. The van der Waals surface area contributed by atoms with Gasteiger partial charge >= 0.3 is 5.97 Å². The molecule has 1 unspecified atom stereocenters. The van der Waals surface area contributed by atoms with Crippen LogP contribution in [0.3, 0.4) is 0 Å². The second-order valence-corrected chi connectivity index (χ2v) is 5.28. The molecule has 1 aromatic carbocycles. The maximum Gasteiger partial charge on any atom is 0.307 e. The first-order valence-corrected chi connectivity index (χ1v) is 5.68. The summed E-state index contributed by atoms with van der Waals surface area (Å²) in [5, 5.41) is 9.19. The van der Waals surface area contributed by atoms with Crippen molar-refractivity contribution in [3.63, 3.8) is 0 Å². The summed E-state index contributed by atoms with van der Waals surface area (Å²) in [6.45, 7) is 5.95. The van der Waals surface area contributed by atoms with E-state index in [1.54, 1.807) is 0 Å². The Morgan fingerprint density at radius 2 is 1.81 bits per heavy atom. The monoisotopic (exact) mass is 220 g/mol. The van der Waals surface area contributed by atoms with Crippen molar-refractivity contribution in [1.29, 1.82) is 0 Å². The molecule has 1 atom stereocenters. The highest BCUT2D eigenvalue weighted by atomic mass is 16.4. The number of carboxylic acid groups (broad SMARTS) is 1. The van der Waals surface area contributed by atoms with Crippen LogP contribution in [0.25, 0.3) is 0 Å². The zero-order valence-electron chi connectivity index (χ0n) is 10.2. The summed E-state index contributed by atoms with van der Waals surface area (Å²) in [6, 6.07) is 10.0. The van der Waals surface area contributed by atoms with Gasteiger partial charge in [-0.3, -0.25) is 4.79 Å². The van der Waals surface area contributed by atoms with E-state index in [2.05, 4.69) is 0 Å². The fourth-order valence-corrected chi connectivity index (χ4v) is 1.88. The molecular formula is C14H20O2. The summed E-state index contributed by atoms with van der Waals surface area (Å²) in [4.78, 5) is 11.2. The van der Waals surface area contributed by atoms with Crippen LogP contribution in [-0.4, -0.2) is 11.1 Å². The molecule has 1 N–H and O–H groups in total. The topological polar surface area (TPSA) is 37.3 Å². The lowest BCUT2D eigenvalue weighted by Gasteiger charge is -2.27. The Morgan fingerprint density at radius 3 is 2.25 bits per heavy atom. The molecule has 0 fully saturated rings. The Kier molecular flexibility index (Phi) is 4.11. The van der Waals surface area contributed by atoms with Crippen molar-refractivity contribution in [1.82, 2.24) is 0 Å². The molecule has 0 heterocycles. The zero-order chi connectivity index (χ0) is 12.2. The fraction of sp³-hybridized carbons (Fsp3) is 0.500. The average molecular weight is 220 g/mol. The quantitative estimate of drug-likeness (QED) is 0.844. The molecule has 1 rings (SSSR count). The van der Waals surface area contributed by atoms with Gasteiger partial charge in [-0.15, -0.1) is 0 Å². The number of hydrogen-bond acceptors (Lipinski definition) is 1. The van der Waals surface area contributed by atoms with E-state index >= 15 is 0 Å². The molecule has 0 saturated heterocycles. The molecule has 88 valence electrons. The van der Waals surface area contributed by atoms with Gasteiger partial charge in [-0.05, 0) is 23.8 Å². The minimum absolute atomic E-state index is 0.180. The van der Waals surface area contributed by atoms with Gasteiger partial charge < -0.3 is 5.11 Å². The number of carboxylic acids is 1. The largest absolute Gasteiger partial charge is 0.481 e. The fourth-order valence-electron chi connectivity index (χ4n) is 1.88. The second kappa shape index (κ2) is 5.15. The SMILES string of the molecule is CC(C)(C)C(CCc1ccccc1)C(=O)O. The molecule has 0 aliphatic heterocycles. The molecule has 0 aliphatic carbocycles. The van der Waals surface area contributed by atoms with Gasteiger partial charge in [0.2, 0.25) is 0 Å². The Bertz CT molecular complexity index is 336. The number of benzene rings is 1. The lowest BCUT2D eigenvalue weighted by molar-refractivity contribution is -0.145. The van der Waals surface area contributed by atoms with Crippen LogP contribution >= 0.6 is 0 Å². The van der Waals surface area contributed by atoms with Crippen molar-refractivity contribution in [3.8, 4) is 0 Å². The number of aryl methyl sites for hydroxylation is 1. The smallest absolute Gasteiger partial charge is 0.307 e. The third-order valence-corrected chi connectivity index (χ3v) is 2.91. The number of carbonyl (C=O) groups is 1. The minimum atomic E-state index is -0.691. The van der Waals surface area contributed by atoms with Gasteiger partial charge in [0.25, 0.3) is 0 Å². The molecule has 2 heteroatoms. The van der Waals surface area contributed by atoms with Crippen LogP contribution in [0.2, 0.25) is 0 Å². The molecule has 0 spiro atoms. The molecule has 16 heavy (non-hydrogen) atoms. The molecule has 0 aromatic heterocycles. The maximum absolute atomic E-state index is 11.2. The Labute approximate surface area is 97.3 Å². The van der Waals surface area contributed by atoms with Crippen LogP contribution in [0.5, 0.6) is 0 Å². The summed E-state index contributed by atoms with van der Waals surface area (Å²) in [5.74, 6) is -0.976. The van der Waals surface area contributed by atoms with Crippen LogP contribution in [0.4, 0.5) is 0 Å². The number of hydrogen-bond donors (Lipinski definition) is 1. The van der Waals surface area contributed by atoms with Crippen molar-refractivity contribution in [2.45, 2.75) is 33.6 Å². The Morgan fingerprint density at radius 1 is 1.25 bits per heavy atom. The van der Waals surface area contributed by atoms with Gasteiger partial charge in [-0.25, -0.2) is 0 Å². The van der Waals surface area contributed by atoms with Crippen molar-refractivity contribution < 1.29 is 9.90 Å². The predicted molar refractivity (Wildman–Crippen MR) is 65.3 cm³/mol. The van der Waals surface area contributed by atoms with E-state index in [0.29, 0.717) is 6.42 Å². The molecule has 0 aliphatic rings. The lowest BCUT2D eigenvalue weighted by atomic mass is 9.77. The first kappa shape index (κ1) is 12.8. The maximum atomic E-state index is 11.2. The molecule has 0 saturated carbocycles. The highest BCUT2D eigenvalue weighted by Gasteiger charge is 2.30. The molecule has 0 amide bonds. The standard InChI is InChI=1S/C14H20O2/c1-14(2,3)12(13(15)16)10-9-11-7-5-4-6-8-11/h4-8,12H,9-10H2,1-3H3,(H,15,16). The van der Waals surface area contributed by atoms with Gasteiger partial charge in [0.1, 0.15) is 0 Å². The first-order valence-electron chi connectivity index (χ1n) is 5.68. The van der Waals surface area contributed by atoms with E-state index in [-0.39, 0.29) is 11.3 Å². The van der Waals surface area contributed by atoms with Crippen LogP contribution in [0, 0.1) is 11.3 Å². The van der Waals surface area contributed by atoms with Gasteiger partial charge in [-0.2, -0.15) is 0 Å². The van der Waals surface area contributed by atoms with Crippen molar-refractivity contribution >= 4 is 5.97 Å². The van der Waals surface area contributed by atoms with Crippen molar-refractivity contribution in [2.24, 2.45) is 11.3 Å². The number of aliphatic carboxylic acids is 1. The summed E-state index contributed by atoms with van der Waals surface area (Å²) in [7, 11) is 0. The van der Waals surface area contributed by atoms with Crippen molar-refractivity contribution in [2.75, 3.05) is 0 Å². The normalized spacial score (nSPS) is 13.4. The second-order valence-electron chi connectivity index (χ2n) is 5.28. The summed E-state index contributed by atoms with van der Waals surface area (Å²) < 4.78 is 0. The molecule has 0 bridgehead atoms. The van der Waals surface area contributed by atoms with E-state index in [1.165, 1.54) is 5.56 Å². The van der Waals surface area contributed by atoms with Gasteiger partial charge in [-0.1, -0.05) is 51.1 Å². The van der Waals surface area contributed by atoms with Gasteiger partial charge in [0.05, 0.1) is 5.92 Å². The predicted octanol–water partition coefficient (Wildman–Crippen LogP) is 3.37. The summed E-state index contributed by atoms with van der Waals surface area (Å²) >= 11 is 0. The molecule has 0 radical (unpaired) electrons. The van der Waals surface area contributed by atoms with Gasteiger partial charge in [0.15, 0.2) is 0 Å². The summed E-state index contributed by atoms with van der Waals surface area (Å²) in [5.41, 5.74) is 1.03. The number of rotatable bonds is 4. The Balaban J connectivity index is 2.62. The van der Waals surface area contributed by atoms with Crippen molar-refractivity contribution in [3.05, 3.63) is 35.9 Å². The van der Waals surface area contributed by atoms with Crippen LogP contribution in [-0.2, 0) is 11.2 Å². The minimum Gasteiger partial charge on any atom is -0.481 e. The molecular weight excluding hydrogens is 200 g/mol. The lowest BCUT2D eigenvalue weighted by Crippen LogP contribution is -2.28. The Hall–Kier alpha value is -1.31. The average Bonchev–Trinajstić information content (AvgIpc) is 2.17. The molecule has 1 aromatic rings. The highest BCUT2D eigenvalue weighted by Crippen LogP contribution is 2.30. The van der Waals surface area contributed by atoms with Crippen LogP contribution < -0.4 is 0 Å².